The van der Waals surface area contributed by atoms with Crippen molar-refractivity contribution in [1.29, 1.82) is 0 Å². The van der Waals surface area contributed by atoms with Crippen LogP contribution in [-0.2, 0) is 0 Å². The molecule has 0 N–H and O–H groups in total. The van der Waals surface area contributed by atoms with E-state index in [1.165, 1.54) is 0 Å². The van der Waals surface area contributed by atoms with E-state index in [1.807, 2.05) is 0 Å². The van der Waals surface area contributed by atoms with Gasteiger partial charge in [-0.05, 0) is 0 Å². The Kier molecular flexibility index (Phi) is 1.74. The summed E-state index contributed by atoms with van der Waals surface area (Å²) in [4.78, 5) is 0. The van der Waals surface area contributed by atoms with Gasteiger partial charge in [-0.25, -0.2) is 0 Å². The molecule has 36 valence electrons. The van der Waals surface area contributed by atoms with Crippen LogP contribution >= 0.6 is 0 Å². The normalized spacial score (nSPS) is 19.0. The second-order valence-corrected chi connectivity index (χ2v) is 4.19. The van der Waals surface area contributed by atoms with Crippen molar-refractivity contribution in [2.24, 2.45) is 0 Å². The number of allylic oxidation sites excluding steroid dienone is 4. The van der Waals surface area contributed by atoms with Crippen molar-refractivity contribution in [3.63, 3.8) is 0 Å². The fraction of sp³-hybridized carbons (Fsp3) is 0.333. The SMILES string of the molecule is [CH3][Ge][CH]1C=CC=C1. The molecule has 0 unspecified atom stereocenters. The summed E-state index contributed by atoms with van der Waals surface area (Å²) in [6.45, 7) is 0. The molecule has 2 radical (unpaired) electrons. The van der Waals surface area contributed by atoms with Crippen LogP contribution in [0.4, 0.5) is 0 Å². The Hall–Kier alpha value is 0.0229. The zero-order valence-electron chi connectivity index (χ0n) is 4.39. The summed E-state index contributed by atoms with van der Waals surface area (Å²) in [5, 5.41) is 0. The van der Waals surface area contributed by atoms with E-state index in [-0.39, 0.29) is 0 Å². The molecule has 7 heavy (non-hydrogen) atoms. The molecule has 0 saturated carbocycles. The van der Waals surface area contributed by atoms with Gasteiger partial charge in [-0.2, -0.15) is 0 Å². The minimum atomic E-state index is 0.319. The molecule has 0 atom stereocenters. The van der Waals surface area contributed by atoms with Gasteiger partial charge in [0, 0.05) is 0 Å². The Morgan fingerprint density at radius 2 is 1.86 bits per heavy atom. The van der Waals surface area contributed by atoms with Gasteiger partial charge in [0.05, 0.1) is 0 Å². The summed E-state index contributed by atoms with van der Waals surface area (Å²) < 4.78 is 0.861. The fourth-order valence-corrected chi connectivity index (χ4v) is 1.90. The van der Waals surface area contributed by atoms with Gasteiger partial charge < -0.3 is 0 Å². The van der Waals surface area contributed by atoms with Gasteiger partial charge >= 0.3 is 50.2 Å². The molecule has 0 aromatic heterocycles. The van der Waals surface area contributed by atoms with Gasteiger partial charge in [0.1, 0.15) is 0 Å². The van der Waals surface area contributed by atoms with Gasteiger partial charge in [-0.3, -0.25) is 0 Å². The van der Waals surface area contributed by atoms with Crippen LogP contribution in [0.25, 0.3) is 0 Å². The quantitative estimate of drug-likeness (QED) is 0.502. The van der Waals surface area contributed by atoms with Crippen molar-refractivity contribution >= 4 is 15.4 Å². The molecule has 0 spiro atoms. The van der Waals surface area contributed by atoms with Crippen molar-refractivity contribution in [3.05, 3.63) is 24.3 Å². The van der Waals surface area contributed by atoms with Crippen LogP contribution < -0.4 is 0 Å². The van der Waals surface area contributed by atoms with Crippen molar-refractivity contribution in [3.8, 4) is 0 Å². The van der Waals surface area contributed by atoms with Crippen LogP contribution in [0.5, 0.6) is 0 Å². The first-order chi connectivity index (χ1) is 3.43. The first-order valence-electron chi connectivity index (χ1n) is 2.46. The van der Waals surface area contributed by atoms with Crippen LogP contribution in [0.3, 0.4) is 0 Å². The van der Waals surface area contributed by atoms with E-state index in [0.717, 1.165) is 4.75 Å². The molecule has 1 aliphatic rings. The fourth-order valence-electron chi connectivity index (χ4n) is 0.624. The molecule has 0 saturated heterocycles. The first kappa shape index (κ1) is 5.17. The minimum absolute atomic E-state index is 0.319. The molecule has 0 aliphatic heterocycles. The second-order valence-electron chi connectivity index (χ2n) is 1.58. The van der Waals surface area contributed by atoms with Crippen molar-refractivity contribution < 1.29 is 0 Å². The number of hydrogen-bond acceptors (Lipinski definition) is 0. The zero-order chi connectivity index (χ0) is 5.11. The van der Waals surface area contributed by atoms with Crippen molar-refractivity contribution in [1.82, 2.24) is 0 Å². The van der Waals surface area contributed by atoms with Crippen LogP contribution in [0.2, 0.25) is 10.5 Å². The molecule has 0 aromatic carbocycles. The molecule has 1 heteroatoms. The van der Waals surface area contributed by atoms with Crippen LogP contribution in [0.15, 0.2) is 24.3 Å². The zero-order valence-corrected chi connectivity index (χ0v) is 6.48. The van der Waals surface area contributed by atoms with Gasteiger partial charge in [0.25, 0.3) is 0 Å². The number of rotatable bonds is 1. The van der Waals surface area contributed by atoms with Crippen LogP contribution in [0, 0.1) is 0 Å². The summed E-state index contributed by atoms with van der Waals surface area (Å²) in [5.74, 6) is 2.32. The molecule has 0 aromatic rings. The van der Waals surface area contributed by atoms with E-state index < -0.39 is 0 Å². The van der Waals surface area contributed by atoms with Gasteiger partial charge in [-0.15, -0.1) is 0 Å². The average Bonchev–Trinajstić information content (AvgIpc) is 2.14. The Bertz CT molecular complexity index is 90.7. The Balaban J connectivity index is 2.44. The molecule has 1 aliphatic carbocycles. The first-order valence-corrected chi connectivity index (χ1v) is 5.76. The summed E-state index contributed by atoms with van der Waals surface area (Å²) in [6.07, 6.45) is 8.83. The Morgan fingerprint density at radius 3 is 2.14 bits per heavy atom. The molecule has 0 nitrogen and oxygen atoms in total. The van der Waals surface area contributed by atoms with Gasteiger partial charge in [-0.1, -0.05) is 0 Å². The molecular formula is C6H8Ge. The maximum atomic E-state index is 2.32. The summed E-state index contributed by atoms with van der Waals surface area (Å²) in [6, 6.07) is 0. The second kappa shape index (κ2) is 2.36. The third-order valence-corrected chi connectivity index (χ3v) is 3.29. The van der Waals surface area contributed by atoms with Crippen LogP contribution in [0.1, 0.15) is 0 Å². The van der Waals surface area contributed by atoms with E-state index in [4.69, 9.17) is 0 Å². The van der Waals surface area contributed by atoms with Gasteiger partial charge in [0.2, 0.25) is 0 Å². The molecule has 0 bridgehead atoms. The van der Waals surface area contributed by atoms with E-state index in [1.54, 1.807) is 0 Å². The predicted octanol–water partition coefficient (Wildman–Crippen LogP) is 1.65. The molecule has 0 amide bonds. The molecule has 0 fully saturated rings. The van der Waals surface area contributed by atoms with E-state index in [9.17, 15) is 0 Å². The molecule has 1 rings (SSSR count). The Morgan fingerprint density at radius 1 is 1.29 bits per heavy atom. The Labute approximate surface area is 50.8 Å². The van der Waals surface area contributed by atoms with Crippen LogP contribution in [-0.4, -0.2) is 15.4 Å². The summed E-state index contributed by atoms with van der Waals surface area (Å²) in [7, 11) is 0. The molecular weight excluding hydrogens is 145 g/mol. The standard InChI is InChI=1S/C6H8Ge/c1-7-6-4-2-3-5-6/h2-6H,1H3. The maximum absolute atomic E-state index is 2.32. The third kappa shape index (κ3) is 1.20. The monoisotopic (exact) mass is 154 g/mol. The molecule has 0 heterocycles. The third-order valence-electron chi connectivity index (χ3n) is 1.08. The summed E-state index contributed by atoms with van der Waals surface area (Å²) in [5.41, 5.74) is 0. The summed E-state index contributed by atoms with van der Waals surface area (Å²) >= 11 is 0.319. The topological polar surface area (TPSA) is 0 Å². The predicted molar refractivity (Wildman–Crippen MR) is 33.6 cm³/mol. The number of hydrogen-bond donors (Lipinski definition) is 0. The van der Waals surface area contributed by atoms with E-state index in [0.29, 0.717) is 15.4 Å². The van der Waals surface area contributed by atoms with Crippen molar-refractivity contribution in [2.45, 2.75) is 10.5 Å². The average molecular weight is 153 g/mol. The van der Waals surface area contributed by atoms with E-state index in [2.05, 4.69) is 30.1 Å². The van der Waals surface area contributed by atoms with Crippen molar-refractivity contribution in [2.75, 3.05) is 0 Å². The van der Waals surface area contributed by atoms with Gasteiger partial charge in [0.15, 0.2) is 0 Å². The van der Waals surface area contributed by atoms with E-state index >= 15 is 0 Å².